The van der Waals surface area contributed by atoms with Crippen LogP contribution in [0, 0.1) is 11.7 Å². The van der Waals surface area contributed by atoms with E-state index in [1.165, 1.54) is 12.1 Å². The van der Waals surface area contributed by atoms with Gasteiger partial charge in [0.1, 0.15) is 5.82 Å². The highest BCUT2D eigenvalue weighted by Crippen LogP contribution is 2.35. The molecule has 4 nitrogen and oxygen atoms in total. The van der Waals surface area contributed by atoms with Crippen molar-refractivity contribution in [1.29, 1.82) is 0 Å². The highest BCUT2D eigenvalue weighted by atomic mass is 19.1. The Labute approximate surface area is 146 Å². The van der Waals surface area contributed by atoms with Crippen LogP contribution in [0.15, 0.2) is 54.6 Å². The van der Waals surface area contributed by atoms with Gasteiger partial charge in [-0.25, -0.2) is 4.39 Å². The zero-order valence-corrected chi connectivity index (χ0v) is 14.1. The number of amides is 2. The average Bonchev–Trinajstić information content (AvgIpc) is 2.64. The number of rotatable bonds is 4. The summed E-state index contributed by atoms with van der Waals surface area (Å²) >= 11 is 0. The van der Waals surface area contributed by atoms with Gasteiger partial charge in [0.2, 0.25) is 11.8 Å². The van der Waals surface area contributed by atoms with Crippen molar-refractivity contribution in [2.45, 2.75) is 25.4 Å². The van der Waals surface area contributed by atoms with E-state index < -0.39 is 0 Å². The first-order valence-electron chi connectivity index (χ1n) is 8.39. The molecule has 2 aromatic carbocycles. The number of benzene rings is 2. The molecule has 1 aliphatic heterocycles. The number of nitrogens with one attached hydrogen (secondary N) is 1. The van der Waals surface area contributed by atoms with Crippen molar-refractivity contribution >= 4 is 11.8 Å². The molecule has 1 fully saturated rings. The minimum atomic E-state index is -0.300. The first-order chi connectivity index (χ1) is 12.1. The van der Waals surface area contributed by atoms with Crippen LogP contribution in [0.2, 0.25) is 0 Å². The maximum absolute atomic E-state index is 13.0. The van der Waals surface area contributed by atoms with Crippen molar-refractivity contribution in [3.8, 4) is 0 Å². The Morgan fingerprint density at radius 1 is 1.16 bits per heavy atom. The number of halogens is 1. The molecule has 2 aromatic rings. The summed E-state index contributed by atoms with van der Waals surface area (Å²) in [5, 5.41) is 2.92. The van der Waals surface area contributed by atoms with Crippen molar-refractivity contribution in [2.75, 3.05) is 7.05 Å². The normalized spacial score (nSPS) is 20.4. The van der Waals surface area contributed by atoms with Crippen LogP contribution in [0.3, 0.4) is 0 Å². The topological polar surface area (TPSA) is 49.4 Å². The maximum Gasteiger partial charge on any atom is 0.225 e. The summed E-state index contributed by atoms with van der Waals surface area (Å²) in [6.45, 7) is 0.342. The Morgan fingerprint density at radius 2 is 1.84 bits per heavy atom. The summed E-state index contributed by atoms with van der Waals surface area (Å²) < 4.78 is 13.0. The van der Waals surface area contributed by atoms with E-state index in [2.05, 4.69) is 5.32 Å². The molecule has 0 aromatic heterocycles. The van der Waals surface area contributed by atoms with Gasteiger partial charge >= 0.3 is 0 Å². The molecule has 3 rings (SSSR count). The van der Waals surface area contributed by atoms with Crippen LogP contribution < -0.4 is 5.32 Å². The lowest BCUT2D eigenvalue weighted by molar-refractivity contribution is -0.141. The summed E-state index contributed by atoms with van der Waals surface area (Å²) in [5.74, 6) is -0.633. The van der Waals surface area contributed by atoms with Gasteiger partial charge in [-0.2, -0.15) is 0 Å². The summed E-state index contributed by atoms with van der Waals surface area (Å²) in [6, 6.07) is 15.4. The Morgan fingerprint density at radius 3 is 2.52 bits per heavy atom. The molecule has 0 radical (unpaired) electrons. The summed E-state index contributed by atoms with van der Waals surface area (Å²) in [6.07, 6.45) is 0.895. The number of likely N-dealkylation sites (tertiary alicyclic amines) is 1. The van der Waals surface area contributed by atoms with Gasteiger partial charge in [0, 0.05) is 20.0 Å². The van der Waals surface area contributed by atoms with Crippen LogP contribution in [0.25, 0.3) is 0 Å². The molecule has 0 aliphatic carbocycles. The zero-order valence-electron chi connectivity index (χ0n) is 14.1. The Bertz CT molecular complexity index is 746. The SMILES string of the molecule is CN1C(=O)CCC(C(=O)NCc2ccc(F)cc2)C1c1ccccc1. The van der Waals surface area contributed by atoms with E-state index in [9.17, 15) is 14.0 Å². The first kappa shape index (κ1) is 17.1. The second kappa shape index (κ2) is 7.47. The summed E-state index contributed by atoms with van der Waals surface area (Å²) in [5.41, 5.74) is 1.80. The third-order valence-electron chi connectivity index (χ3n) is 4.72. The van der Waals surface area contributed by atoms with Crippen LogP contribution in [-0.2, 0) is 16.1 Å². The van der Waals surface area contributed by atoms with E-state index in [1.807, 2.05) is 30.3 Å². The van der Waals surface area contributed by atoms with E-state index in [0.717, 1.165) is 11.1 Å². The van der Waals surface area contributed by atoms with Crippen LogP contribution in [0.4, 0.5) is 4.39 Å². The van der Waals surface area contributed by atoms with Gasteiger partial charge in [-0.1, -0.05) is 42.5 Å². The van der Waals surface area contributed by atoms with Gasteiger partial charge in [0.15, 0.2) is 0 Å². The Kier molecular flexibility index (Phi) is 5.12. The fourth-order valence-electron chi connectivity index (χ4n) is 3.34. The number of carbonyl (C=O) groups excluding carboxylic acids is 2. The predicted molar refractivity (Wildman–Crippen MR) is 92.9 cm³/mol. The molecule has 2 atom stereocenters. The smallest absolute Gasteiger partial charge is 0.225 e. The van der Waals surface area contributed by atoms with Gasteiger partial charge < -0.3 is 10.2 Å². The van der Waals surface area contributed by atoms with E-state index in [0.29, 0.717) is 19.4 Å². The van der Waals surface area contributed by atoms with Crippen LogP contribution >= 0.6 is 0 Å². The van der Waals surface area contributed by atoms with Crippen molar-refractivity contribution in [2.24, 2.45) is 5.92 Å². The van der Waals surface area contributed by atoms with E-state index >= 15 is 0 Å². The molecule has 1 aliphatic rings. The molecule has 1 heterocycles. The number of nitrogens with zero attached hydrogens (tertiary/aromatic N) is 1. The molecule has 0 saturated carbocycles. The van der Waals surface area contributed by atoms with Gasteiger partial charge in [0.05, 0.1) is 12.0 Å². The standard InChI is InChI=1S/C20H21FN2O2/c1-23-18(24)12-11-17(19(23)15-5-3-2-4-6-15)20(25)22-13-14-7-9-16(21)10-8-14/h2-10,17,19H,11-13H2,1H3,(H,22,25). The van der Waals surface area contributed by atoms with Crippen LogP contribution in [0.1, 0.15) is 30.0 Å². The largest absolute Gasteiger partial charge is 0.352 e. The zero-order chi connectivity index (χ0) is 17.8. The molecule has 0 bridgehead atoms. The molecule has 130 valence electrons. The Hall–Kier alpha value is -2.69. The second-order valence-corrected chi connectivity index (χ2v) is 6.35. The van der Waals surface area contributed by atoms with E-state index in [1.54, 1.807) is 24.1 Å². The van der Waals surface area contributed by atoms with Crippen molar-refractivity contribution in [3.63, 3.8) is 0 Å². The molecule has 1 N–H and O–H groups in total. The van der Waals surface area contributed by atoms with Crippen LogP contribution in [0.5, 0.6) is 0 Å². The molecular weight excluding hydrogens is 319 g/mol. The summed E-state index contributed by atoms with van der Waals surface area (Å²) in [4.78, 5) is 26.5. The molecule has 0 spiro atoms. The molecule has 25 heavy (non-hydrogen) atoms. The highest BCUT2D eigenvalue weighted by molar-refractivity contribution is 5.84. The lowest BCUT2D eigenvalue weighted by Crippen LogP contribution is -2.46. The van der Waals surface area contributed by atoms with Gasteiger partial charge in [-0.3, -0.25) is 9.59 Å². The number of carbonyl (C=O) groups is 2. The molecular formula is C20H21FN2O2. The molecule has 1 saturated heterocycles. The summed E-state index contributed by atoms with van der Waals surface area (Å²) in [7, 11) is 1.75. The van der Waals surface area contributed by atoms with Crippen molar-refractivity contribution < 1.29 is 14.0 Å². The Balaban J connectivity index is 1.74. The first-order valence-corrected chi connectivity index (χ1v) is 8.39. The van der Waals surface area contributed by atoms with Gasteiger partial charge in [0.25, 0.3) is 0 Å². The van der Waals surface area contributed by atoms with Gasteiger partial charge in [-0.05, 0) is 29.7 Å². The second-order valence-electron chi connectivity index (χ2n) is 6.35. The predicted octanol–water partition coefficient (Wildman–Crippen LogP) is 3.05. The van der Waals surface area contributed by atoms with E-state index in [4.69, 9.17) is 0 Å². The van der Waals surface area contributed by atoms with Crippen molar-refractivity contribution in [3.05, 3.63) is 71.5 Å². The monoisotopic (exact) mass is 340 g/mol. The number of piperidine rings is 1. The maximum atomic E-state index is 13.0. The van der Waals surface area contributed by atoms with Crippen LogP contribution in [-0.4, -0.2) is 23.8 Å². The fourth-order valence-corrected chi connectivity index (χ4v) is 3.34. The van der Waals surface area contributed by atoms with E-state index in [-0.39, 0.29) is 29.6 Å². The quantitative estimate of drug-likeness (QED) is 0.930. The number of hydrogen-bond donors (Lipinski definition) is 1. The fraction of sp³-hybridized carbons (Fsp3) is 0.300. The molecule has 2 amide bonds. The average molecular weight is 340 g/mol. The third-order valence-corrected chi connectivity index (χ3v) is 4.72. The van der Waals surface area contributed by atoms with Crippen molar-refractivity contribution in [1.82, 2.24) is 10.2 Å². The minimum absolute atomic E-state index is 0.0523. The highest BCUT2D eigenvalue weighted by Gasteiger charge is 2.38. The lowest BCUT2D eigenvalue weighted by Gasteiger charge is -2.38. The molecule has 5 heteroatoms. The number of hydrogen-bond acceptors (Lipinski definition) is 2. The van der Waals surface area contributed by atoms with Gasteiger partial charge in [-0.15, -0.1) is 0 Å². The minimum Gasteiger partial charge on any atom is -0.352 e. The lowest BCUT2D eigenvalue weighted by atomic mass is 9.84. The third kappa shape index (κ3) is 3.87. The molecule has 2 unspecified atom stereocenters.